The van der Waals surface area contributed by atoms with Crippen molar-refractivity contribution < 1.29 is 9.52 Å². The number of fused-ring (bicyclic) bond motifs is 1. The lowest BCUT2D eigenvalue weighted by atomic mass is 10.0. The van der Waals surface area contributed by atoms with E-state index in [1.54, 1.807) is 6.07 Å². The molecule has 1 aromatic heterocycles. The highest BCUT2D eigenvalue weighted by Gasteiger charge is 2.06. The van der Waals surface area contributed by atoms with Gasteiger partial charge in [-0.2, -0.15) is 0 Å². The second-order valence-electron chi connectivity index (χ2n) is 4.03. The van der Waals surface area contributed by atoms with Gasteiger partial charge in [0.1, 0.15) is 11.3 Å². The van der Waals surface area contributed by atoms with E-state index in [9.17, 15) is 9.90 Å². The molecule has 0 atom stereocenters. The summed E-state index contributed by atoms with van der Waals surface area (Å²) in [6.45, 7) is 0. The van der Waals surface area contributed by atoms with Crippen LogP contribution < -0.4 is 5.63 Å². The van der Waals surface area contributed by atoms with Gasteiger partial charge >= 0.3 is 5.63 Å². The van der Waals surface area contributed by atoms with Crippen LogP contribution in [0.4, 0.5) is 0 Å². The fourth-order valence-electron chi connectivity index (χ4n) is 1.96. The van der Waals surface area contributed by atoms with Gasteiger partial charge in [-0.1, -0.05) is 36.4 Å². The van der Waals surface area contributed by atoms with Crippen molar-refractivity contribution in [2.24, 2.45) is 0 Å². The van der Waals surface area contributed by atoms with E-state index in [0.717, 1.165) is 17.2 Å². The third kappa shape index (κ3) is 1.76. The lowest BCUT2D eigenvalue weighted by Crippen LogP contribution is -1.95. The van der Waals surface area contributed by atoms with E-state index in [2.05, 4.69) is 0 Å². The Morgan fingerprint density at radius 2 is 1.67 bits per heavy atom. The summed E-state index contributed by atoms with van der Waals surface area (Å²) in [6.07, 6.45) is 0. The van der Waals surface area contributed by atoms with E-state index in [4.69, 9.17) is 4.42 Å². The molecule has 0 saturated carbocycles. The molecule has 88 valence electrons. The summed E-state index contributed by atoms with van der Waals surface area (Å²) in [7, 11) is 0. The lowest BCUT2D eigenvalue weighted by molar-refractivity contribution is 0.468. The molecule has 3 aromatic rings. The van der Waals surface area contributed by atoms with Crippen molar-refractivity contribution in [3.05, 3.63) is 65.0 Å². The van der Waals surface area contributed by atoms with Crippen molar-refractivity contribution in [3.8, 4) is 16.9 Å². The van der Waals surface area contributed by atoms with Gasteiger partial charge in [-0.3, -0.25) is 0 Å². The van der Waals surface area contributed by atoms with Gasteiger partial charge in [-0.15, -0.1) is 0 Å². The smallest absolute Gasteiger partial charge is 0.339 e. The van der Waals surface area contributed by atoms with Gasteiger partial charge in [-0.05, 0) is 23.3 Å². The first-order chi connectivity index (χ1) is 8.74. The number of benzene rings is 2. The maximum Gasteiger partial charge on any atom is 0.339 e. The molecule has 0 spiro atoms. The molecule has 0 amide bonds. The summed E-state index contributed by atoms with van der Waals surface area (Å²) >= 11 is 0. The average Bonchev–Trinajstić information content (AvgIpc) is 2.39. The van der Waals surface area contributed by atoms with Crippen LogP contribution in [0, 0.1) is 0 Å². The maximum atomic E-state index is 11.1. The number of hydrogen-bond donors (Lipinski definition) is 1. The molecule has 3 nitrogen and oxygen atoms in total. The molecule has 3 rings (SSSR count). The minimum atomic E-state index is -0.549. The fourth-order valence-corrected chi connectivity index (χ4v) is 1.96. The van der Waals surface area contributed by atoms with Crippen LogP contribution in [0.2, 0.25) is 0 Å². The highest BCUT2D eigenvalue weighted by Crippen LogP contribution is 2.28. The first-order valence-corrected chi connectivity index (χ1v) is 5.56. The quantitative estimate of drug-likeness (QED) is 0.662. The van der Waals surface area contributed by atoms with Gasteiger partial charge in [-0.25, -0.2) is 4.79 Å². The molecular formula is C15H10O3. The van der Waals surface area contributed by atoms with E-state index < -0.39 is 5.63 Å². The second-order valence-corrected chi connectivity index (χ2v) is 4.03. The van der Waals surface area contributed by atoms with Crippen molar-refractivity contribution >= 4 is 11.0 Å². The summed E-state index contributed by atoms with van der Waals surface area (Å²) < 4.78 is 5.02. The van der Waals surface area contributed by atoms with Crippen LogP contribution in [0.5, 0.6) is 5.75 Å². The van der Waals surface area contributed by atoms with E-state index in [-0.39, 0.29) is 5.75 Å². The molecule has 3 heteroatoms. The van der Waals surface area contributed by atoms with Gasteiger partial charge in [0.2, 0.25) is 0 Å². The number of hydrogen-bond acceptors (Lipinski definition) is 3. The lowest BCUT2D eigenvalue weighted by Gasteiger charge is -2.04. The summed E-state index contributed by atoms with van der Waals surface area (Å²) in [6, 6.07) is 16.3. The molecule has 18 heavy (non-hydrogen) atoms. The highest BCUT2D eigenvalue weighted by molar-refractivity contribution is 5.87. The minimum absolute atomic E-state index is 0.0565. The standard InChI is InChI=1S/C15H10O3/c16-13-9-15(17)18-14-7-6-11(8-12(13)14)10-4-2-1-3-5-10/h1-9,16H. The van der Waals surface area contributed by atoms with Crippen LogP contribution in [0.1, 0.15) is 0 Å². The van der Waals surface area contributed by atoms with Gasteiger partial charge < -0.3 is 9.52 Å². The molecule has 0 radical (unpaired) electrons. The van der Waals surface area contributed by atoms with E-state index in [1.165, 1.54) is 0 Å². The fraction of sp³-hybridized carbons (Fsp3) is 0. The SMILES string of the molecule is O=c1cc(O)c2cc(-c3ccccc3)ccc2o1. The van der Waals surface area contributed by atoms with Crippen LogP contribution in [-0.2, 0) is 0 Å². The monoisotopic (exact) mass is 238 g/mol. The molecule has 0 saturated heterocycles. The molecule has 0 aliphatic rings. The first kappa shape index (κ1) is 10.6. The highest BCUT2D eigenvalue weighted by atomic mass is 16.4. The Hall–Kier alpha value is -2.55. The van der Waals surface area contributed by atoms with E-state index >= 15 is 0 Å². The normalized spacial score (nSPS) is 10.7. The first-order valence-electron chi connectivity index (χ1n) is 5.56. The van der Waals surface area contributed by atoms with Gasteiger partial charge in [0.25, 0.3) is 0 Å². The largest absolute Gasteiger partial charge is 0.507 e. The molecular weight excluding hydrogens is 228 g/mol. The molecule has 0 aliphatic heterocycles. The average molecular weight is 238 g/mol. The molecule has 0 fully saturated rings. The Balaban J connectivity index is 2.26. The molecule has 1 heterocycles. The van der Waals surface area contributed by atoms with Gasteiger partial charge in [0.05, 0.1) is 11.5 Å². The van der Waals surface area contributed by atoms with Crippen molar-refractivity contribution in [1.29, 1.82) is 0 Å². The van der Waals surface area contributed by atoms with Gasteiger partial charge in [0.15, 0.2) is 0 Å². The van der Waals surface area contributed by atoms with E-state index in [0.29, 0.717) is 11.0 Å². The third-order valence-electron chi connectivity index (χ3n) is 2.83. The predicted octanol–water partition coefficient (Wildman–Crippen LogP) is 3.17. The Labute approximate surface area is 103 Å². The molecule has 0 unspecified atom stereocenters. The number of aromatic hydroxyl groups is 1. The Bertz CT molecular complexity index is 758. The Kier molecular flexibility index (Phi) is 2.38. The van der Waals surface area contributed by atoms with Crippen molar-refractivity contribution in [1.82, 2.24) is 0 Å². The van der Waals surface area contributed by atoms with Crippen molar-refractivity contribution in [2.45, 2.75) is 0 Å². The van der Waals surface area contributed by atoms with Gasteiger partial charge in [0, 0.05) is 0 Å². The third-order valence-corrected chi connectivity index (χ3v) is 2.83. The van der Waals surface area contributed by atoms with Crippen molar-refractivity contribution in [3.63, 3.8) is 0 Å². The molecule has 2 aromatic carbocycles. The summed E-state index contributed by atoms with van der Waals surface area (Å²) in [5.41, 5.74) is 1.85. The maximum absolute atomic E-state index is 11.1. The zero-order chi connectivity index (χ0) is 12.5. The molecule has 0 aliphatic carbocycles. The van der Waals surface area contributed by atoms with Crippen LogP contribution in [0.3, 0.4) is 0 Å². The zero-order valence-electron chi connectivity index (χ0n) is 9.46. The van der Waals surface area contributed by atoms with Crippen LogP contribution >= 0.6 is 0 Å². The van der Waals surface area contributed by atoms with E-state index in [1.807, 2.05) is 42.5 Å². The summed E-state index contributed by atoms with van der Waals surface area (Å²) in [5, 5.41) is 10.3. The Morgan fingerprint density at radius 3 is 2.44 bits per heavy atom. The predicted molar refractivity (Wildman–Crippen MR) is 69.6 cm³/mol. The Morgan fingerprint density at radius 1 is 0.889 bits per heavy atom. The van der Waals surface area contributed by atoms with Crippen LogP contribution in [-0.4, -0.2) is 5.11 Å². The summed E-state index contributed by atoms with van der Waals surface area (Å²) in [4.78, 5) is 11.1. The second kappa shape index (κ2) is 4.04. The number of rotatable bonds is 1. The summed E-state index contributed by atoms with van der Waals surface area (Å²) in [5.74, 6) is -0.0565. The van der Waals surface area contributed by atoms with Crippen LogP contribution in [0.15, 0.2) is 63.8 Å². The van der Waals surface area contributed by atoms with Crippen LogP contribution in [0.25, 0.3) is 22.1 Å². The van der Waals surface area contributed by atoms with Crippen molar-refractivity contribution in [2.75, 3.05) is 0 Å². The molecule has 0 bridgehead atoms. The zero-order valence-corrected chi connectivity index (χ0v) is 9.46. The minimum Gasteiger partial charge on any atom is -0.507 e. The molecule has 1 N–H and O–H groups in total. The topological polar surface area (TPSA) is 50.4 Å².